The first-order valence-electron chi connectivity index (χ1n) is 5.06. The summed E-state index contributed by atoms with van der Waals surface area (Å²) in [5, 5.41) is 10.6. The molecule has 0 radical (unpaired) electrons. The molecule has 0 spiro atoms. The highest BCUT2D eigenvalue weighted by Gasteiger charge is 2.24. The van der Waals surface area contributed by atoms with Crippen LogP contribution >= 0.6 is 0 Å². The number of carbonyl (C=O) groups is 1. The number of benzene rings is 1. The van der Waals surface area contributed by atoms with Crippen molar-refractivity contribution in [2.75, 3.05) is 12.3 Å². The molecule has 0 aliphatic heterocycles. The zero-order valence-corrected chi connectivity index (χ0v) is 9.76. The molecular formula is C10H10F2N2O5. The highest BCUT2D eigenvalue weighted by atomic mass is 19.3. The monoisotopic (exact) mass is 276 g/mol. The number of halogens is 2. The van der Waals surface area contributed by atoms with Crippen molar-refractivity contribution >= 4 is 17.3 Å². The maximum absolute atomic E-state index is 12.2. The molecule has 0 saturated heterocycles. The second kappa shape index (κ2) is 5.94. The van der Waals surface area contributed by atoms with Crippen LogP contribution in [0.1, 0.15) is 17.3 Å². The minimum atomic E-state index is -3.26. The van der Waals surface area contributed by atoms with Crippen molar-refractivity contribution in [1.82, 2.24) is 0 Å². The molecule has 0 bridgehead atoms. The van der Waals surface area contributed by atoms with Gasteiger partial charge < -0.3 is 15.2 Å². The Hall–Kier alpha value is -2.45. The minimum Gasteiger partial charge on any atom is -0.462 e. The van der Waals surface area contributed by atoms with E-state index < -0.39 is 34.5 Å². The fourth-order valence-electron chi connectivity index (χ4n) is 1.34. The average molecular weight is 276 g/mol. The first-order chi connectivity index (χ1) is 8.86. The standard InChI is InChI=1S/C10H10F2N2O5/c1-2-18-9(15)8-6(13)3-5(14(16)17)4-7(8)19-10(11)12/h3-4,10H,2,13H2,1H3. The SMILES string of the molecule is CCOC(=O)c1c(N)cc([N+](=O)[O-])cc1OC(F)F. The lowest BCUT2D eigenvalue weighted by Crippen LogP contribution is -2.13. The minimum absolute atomic E-state index is 0.0105. The third-order valence-corrected chi connectivity index (χ3v) is 2.02. The maximum Gasteiger partial charge on any atom is 0.387 e. The number of anilines is 1. The zero-order valence-electron chi connectivity index (χ0n) is 9.76. The topological polar surface area (TPSA) is 105 Å². The van der Waals surface area contributed by atoms with Gasteiger partial charge in [-0.15, -0.1) is 0 Å². The molecule has 0 aliphatic carbocycles. The summed E-state index contributed by atoms with van der Waals surface area (Å²) >= 11 is 0. The number of esters is 1. The van der Waals surface area contributed by atoms with Gasteiger partial charge in [-0.25, -0.2) is 4.79 Å². The van der Waals surface area contributed by atoms with Gasteiger partial charge in [0.1, 0.15) is 11.3 Å². The van der Waals surface area contributed by atoms with Gasteiger partial charge in [0, 0.05) is 6.07 Å². The van der Waals surface area contributed by atoms with Gasteiger partial charge >= 0.3 is 12.6 Å². The third-order valence-electron chi connectivity index (χ3n) is 2.02. The van der Waals surface area contributed by atoms with Gasteiger partial charge in [0.15, 0.2) is 0 Å². The Bertz CT molecular complexity index is 507. The van der Waals surface area contributed by atoms with E-state index in [1.165, 1.54) is 6.92 Å². The maximum atomic E-state index is 12.2. The van der Waals surface area contributed by atoms with E-state index in [2.05, 4.69) is 9.47 Å². The van der Waals surface area contributed by atoms with Crippen molar-refractivity contribution < 1.29 is 28.0 Å². The van der Waals surface area contributed by atoms with E-state index in [0.29, 0.717) is 6.07 Å². The summed E-state index contributed by atoms with van der Waals surface area (Å²) in [6.45, 7) is -1.76. The van der Waals surface area contributed by atoms with Crippen molar-refractivity contribution in [3.63, 3.8) is 0 Å². The molecule has 104 valence electrons. The smallest absolute Gasteiger partial charge is 0.387 e. The normalized spacial score (nSPS) is 10.3. The Labute approximate surface area is 106 Å². The fourth-order valence-corrected chi connectivity index (χ4v) is 1.34. The van der Waals surface area contributed by atoms with Crippen LogP contribution in [0.3, 0.4) is 0 Å². The van der Waals surface area contributed by atoms with Crippen LogP contribution in [-0.2, 0) is 4.74 Å². The van der Waals surface area contributed by atoms with Crippen molar-refractivity contribution in [2.45, 2.75) is 13.5 Å². The Morgan fingerprint density at radius 1 is 1.53 bits per heavy atom. The number of non-ortho nitro benzene ring substituents is 1. The lowest BCUT2D eigenvalue weighted by Gasteiger charge is -2.11. The Morgan fingerprint density at radius 3 is 2.63 bits per heavy atom. The number of nitrogens with zero attached hydrogens (tertiary/aromatic N) is 1. The lowest BCUT2D eigenvalue weighted by molar-refractivity contribution is -0.384. The first-order valence-corrected chi connectivity index (χ1v) is 5.06. The molecule has 2 N–H and O–H groups in total. The molecule has 0 atom stereocenters. The summed E-state index contributed by atoms with van der Waals surface area (Å²) < 4.78 is 33.1. The second-order valence-electron chi connectivity index (χ2n) is 3.26. The molecule has 0 saturated carbocycles. The van der Waals surface area contributed by atoms with Gasteiger partial charge in [-0.2, -0.15) is 8.78 Å². The fraction of sp³-hybridized carbons (Fsp3) is 0.300. The number of nitrogen functional groups attached to an aromatic ring is 1. The molecule has 0 aromatic heterocycles. The number of alkyl halides is 2. The molecule has 0 aliphatic rings. The van der Waals surface area contributed by atoms with Crippen LogP contribution in [0.4, 0.5) is 20.2 Å². The number of carbonyl (C=O) groups excluding carboxylic acids is 1. The molecule has 9 heteroatoms. The van der Waals surface area contributed by atoms with Crippen LogP contribution in [0.2, 0.25) is 0 Å². The Balaban J connectivity index is 3.34. The van der Waals surface area contributed by atoms with Gasteiger partial charge in [-0.05, 0) is 6.92 Å². The zero-order chi connectivity index (χ0) is 14.6. The second-order valence-corrected chi connectivity index (χ2v) is 3.26. The summed E-state index contributed by atoms with van der Waals surface area (Å²) in [5.41, 5.74) is 4.03. The molecule has 7 nitrogen and oxygen atoms in total. The average Bonchev–Trinajstić information content (AvgIpc) is 2.27. The van der Waals surface area contributed by atoms with E-state index in [1.54, 1.807) is 0 Å². The van der Waals surface area contributed by atoms with Crippen LogP contribution < -0.4 is 10.5 Å². The van der Waals surface area contributed by atoms with Gasteiger partial charge in [-0.3, -0.25) is 10.1 Å². The highest BCUT2D eigenvalue weighted by molar-refractivity contribution is 5.98. The number of nitro benzene ring substituents is 1. The molecule has 1 aromatic carbocycles. The van der Waals surface area contributed by atoms with Crippen molar-refractivity contribution in [3.05, 3.63) is 27.8 Å². The molecule has 0 fully saturated rings. The largest absolute Gasteiger partial charge is 0.462 e. The molecule has 0 unspecified atom stereocenters. The highest BCUT2D eigenvalue weighted by Crippen LogP contribution is 2.32. The van der Waals surface area contributed by atoms with Gasteiger partial charge in [0.2, 0.25) is 0 Å². The van der Waals surface area contributed by atoms with E-state index in [9.17, 15) is 23.7 Å². The van der Waals surface area contributed by atoms with E-state index in [-0.39, 0.29) is 12.3 Å². The van der Waals surface area contributed by atoms with E-state index >= 15 is 0 Å². The predicted molar refractivity (Wildman–Crippen MR) is 60.1 cm³/mol. The van der Waals surface area contributed by atoms with Crippen molar-refractivity contribution in [1.29, 1.82) is 0 Å². The van der Waals surface area contributed by atoms with Crippen LogP contribution in [0.15, 0.2) is 12.1 Å². The number of rotatable bonds is 5. The quantitative estimate of drug-likeness (QED) is 0.381. The Kier molecular flexibility index (Phi) is 4.56. The third kappa shape index (κ3) is 3.50. The molecule has 1 rings (SSSR count). The van der Waals surface area contributed by atoms with E-state index in [0.717, 1.165) is 6.07 Å². The number of hydrogen-bond acceptors (Lipinski definition) is 6. The number of hydrogen-bond donors (Lipinski definition) is 1. The summed E-state index contributed by atoms with van der Waals surface area (Å²) in [6, 6.07) is 1.55. The van der Waals surface area contributed by atoms with Crippen LogP contribution in [0.5, 0.6) is 5.75 Å². The molecule has 1 aromatic rings. The number of nitrogens with two attached hydrogens (primary N) is 1. The molecule has 19 heavy (non-hydrogen) atoms. The summed E-state index contributed by atoms with van der Waals surface area (Å²) in [7, 11) is 0. The van der Waals surface area contributed by atoms with Gasteiger partial charge in [-0.1, -0.05) is 0 Å². The van der Waals surface area contributed by atoms with E-state index in [4.69, 9.17) is 5.73 Å². The van der Waals surface area contributed by atoms with Gasteiger partial charge in [0.25, 0.3) is 5.69 Å². The van der Waals surface area contributed by atoms with Crippen molar-refractivity contribution in [2.24, 2.45) is 0 Å². The van der Waals surface area contributed by atoms with Crippen LogP contribution in [0, 0.1) is 10.1 Å². The lowest BCUT2D eigenvalue weighted by atomic mass is 10.1. The summed E-state index contributed by atoms with van der Waals surface area (Å²) in [4.78, 5) is 21.3. The first kappa shape index (κ1) is 14.6. The molecular weight excluding hydrogens is 266 g/mol. The van der Waals surface area contributed by atoms with E-state index in [1.807, 2.05) is 0 Å². The molecule has 0 heterocycles. The summed E-state index contributed by atoms with van der Waals surface area (Å²) in [5.74, 6) is -1.69. The van der Waals surface area contributed by atoms with Crippen LogP contribution in [-0.4, -0.2) is 24.1 Å². The summed E-state index contributed by atoms with van der Waals surface area (Å²) in [6.07, 6.45) is 0. The molecule has 0 amide bonds. The number of nitro groups is 1. The van der Waals surface area contributed by atoms with Gasteiger partial charge in [0.05, 0.1) is 23.3 Å². The van der Waals surface area contributed by atoms with Crippen LogP contribution in [0.25, 0.3) is 0 Å². The predicted octanol–water partition coefficient (Wildman–Crippen LogP) is 1.96. The Morgan fingerprint density at radius 2 is 2.16 bits per heavy atom. The van der Waals surface area contributed by atoms with Crippen molar-refractivity contribution in [3.8, 4) is 5.75 Å². The number of ether oxygens (including phenoxy) is 2.